The molecule has 1 fully saturated rings. The molecule has 0 radical (unpaired) electrons. The van der Waals surface area contributed by atoms with Gasteiger partial charge >= 0.3 is 6.09 Å². The Balaban J connectivity index is 1.75. The van der Waals surface area contributed by atoms with E-state index in [9.17, 15) is 9.59 Å². The van der Waals surface area contributed by atoms with Crippen LogP contribution < -0.4 is 11.1 Å². The van der Waals surface area contributed by atoms with Crippen molar-refractivity contribution in [2.75, 3.05) is 18.4 Å². The summed E-state index contributed by atoms with van der Waals surface area (Å²) in [4.78, 5) is 36.9. The third kappa shape index (κ3) is 5.52. The third-order valence-corrected chi connectivity index (χ3v) is 6.24. The smallest absolute Gasteiger partial charge is 0.410 e. The van der Waals surface area contributed by atoms with Gasteiger partial charge in [0, 0.05) is 24.2 Å². The van der Waals surface area contributed by atoms with Crippen molar-refractivity contribution < 1.29 is 14.3 Å². The topological polar surface area (TPSA) is 110 Å². The molecule has 2 amide bonds. The molecular formula is C22H31N5O3S. The molecule has 2 aromatic heterocycles. The van der Waals surface area contributed by atoms with Crippen LogP contribution in [0.4, 0.5) is 15.7 Å². The number of piperidine rings is 1. The van der Waals surface area contributed by atoms with E-state index in [1.54, 1.807) is 16.2 Å². The highest BCUT2D eigenvalue weighted by molar-refractivity contribution is 7.15. The Bertz CT molecular complexity index is 929. The summed E-state index contributed by atoms with van der Waals surface area (Å²) in [6.45, 7) is 8.39. The van der Waals surface area contributed by atoms with E-state index < -0.39 is 16.9 Å². The van der Waals surface area contributed by atoms with Gasteiger partial charge in [-0.1, -0.05) is 19.4 Å². The van der Waals surface area contributed by atoms with Crippen LogP contribution in [0.5, 0.6) is 0 Å². The van der Waals surface area contributed by atoms with E-state index >= 15 is 0 Å². The molecule has 168 valence electrons. The van der Waals surface area contributed by atoms with Gasteiger partial charge in [-0.25, -0.2) is 14.8 Å². The molecule has 0 spiro atoms. The van der Waals surface area contributed by atoms with E-state index in [0.29, 0.717) is 37.4 Å². The van der Waals surface area contributed by atoms with Gasteiger partial charge in [-0.15, -0.1) is 11.3 Å². The predicted octanol–water partition coefficient (Wildman–Crippen LogP) is 3.99. The maximum atomic E-state index is 12.5. The fraction of sp³-hybridized carbons (Fsp3) is 0.545. The quantitative estimate of drug-likeness (QED) is 0.696. The molecule has 1 saturated heterocycles. The summed E-state index contributed by atoms with van der Waals surface area (Å²) in [7, 11) is 0. The highest BCUT2D eigenvalue weighted by Gasteiger charge is 2.44. The Morgan fingerprint density at radius 1 is 1.29 bits per heavy atom. The molecule has 8 nitrogen and oxygen atoms in total. The predicted molar refractivity (Wildman–Crippen MR) is 122 cm³/mol. The number of pyridine rings is 1. The van der Waals surface area contributed by atoms with Crippen molar-refractivity contribution in [2.45, 2.75) is 64.4 Å². The molecule has 0 aromatic carbocycles. The molecule has 1 aliphatic rings. The van der Waals surface area contributed by atoms with Gasteiger partial charge in [0.15, 0.2) is 5.13 Å². The van der Waals surface area contributed by atoms with Gasteiger partial charge in [-0.2, -0.15) is 0 Å². The molecule has 3 heterocycles. The number of carbonyl (C=O) groups excluding carboxylic acids is 2. The zero-order valence-electron chi connectivity index (χ0n) is 18.6. The average molecular weight is 446 g/mol. The van der Waals surface area contributed by atoms with Crippen LogP contribution in [0.2, 0.25) is 0 Å². The number of hydrogen-bond acceptors (Lipinski definition) is 7. The van der Waals surface area contributed by atoms with Crippen LogP contribution in [0.25, 0.3) is 0 Å². The van der Waals surface area contributed by atoms with E-state index in [0.717, 1.165) is 18.0 Å². The van der Waals surface area contributed by atoms with Gasteiger partial charge in [0.1, 0.15) is 11.4 Å². The molecule has 31 heavy (non-hydrogen) atoms. The molecule has 3 N–H and O–H groups in total. The number of likely N-dealkylation sites (tertiary alicyclic amines) is 1. The second-order valence-corrected chi connectivity index (χ2v) is 9.94. The van der Waals surface area contributed by atoms with E-state index in [-0.39, 0.29) is 6.09 Å². The van der Waals surface area contributed by atoms with Crippen LogP contribution in [0.3, 0.4) is 0 Å². The minimum absolute atomic E-state index is 0.374. The second kappa shape index (κ2) is 9.21. The van der Waals surface area contributed by atoms with Gasteiger partial charge < -0.3 is 20.7 Å². The van der Waals surface area contributed by atoms with Crippen molar-refractivity contribution in [3.8, 4) is 0 Å². The first-order valence-corrected chi connectivity index (χ1v) is 11.4. The molecule has 0 atom stereocenters. The summed E-state index contributed by atoms with van der Waals surface area (Å²) < 4.78 is 5.46. The molecular weight excluding hydrogens is 414 g/mol. The first-order valence-electron chi connectivity index (χ1n) is 10.6. The lowest BCUT2D eigenvalue weighted by Crippen LogP contribution is -2.52. The van der Waals surface area contributed by atoms with Crippen LogP contribution in [0.1, 0.15) is 57.5 Å². The number of nitrogens with zero attached hydrogens (tertiary/aromatic N) is 3. The average Bonchev–Trinajstić information content (AvgIpc) is 3.14. The summed E-state index contributed by atoms with van der Waals surface area (Å²) in [6, 6.07) is 5.52. The van der Waals surface area contributed by atoms with Gasteiger partial charge in [-0.3, -0.25) is 4.79 Å². The number of aromatic nitrogens is 2. The number of anilines is 2. The van der Waals surface area contributed by atoms with Crippen molar-refractivity contribution in [1.29, 1.82) is 0 Å². The number of amides is 2. The molecule has 0 bridgehead atoms. The Kier molecular flexibility index (Phi) is 6.83. The maximum absolute atomic E-state index is 12.5. The van der Waals surface area contributed by atoms with E-state index in [4.69, 9.17) is 10.5 Å². The lowest BCUT2D eigenvalue weighted by molar-refractivity contribution is -0.125. The van der Waals surface area contributed by atoms with Crippen molar-refractivity contribution in [2.24, 2.45) is 5.73 Å². The largest absolute Gasteiger partial charge is 0.444 e. The number of thiazole rings is 1. The van der Waals surface area contributed by atoms with Crippen molar-refractivity contribution >= 4 is 34.3 Å². The van der Waals surface area contributed by atoms with Crippen LogP contribution in [0.15, 0.2) is 24.4 Å². The van der Waals surface area contributed by atoms with E-state index in [1.807, 2.05) is 45.2 Å². The number of ether oxygens (including phenoxy) is 1. The summed E-state index contributed by atoms with van der Waals surface area (Å²) in [6.07, 6.45) is 4.35. The number of hydrogen-bond donors (Lipinski definition) is 2. The molecule has 3 rings (SSSR count). The monoisotopic (exact) mass is 445 g/mol. The van der Waals surface area contributed by atoms with Crippen molar-refractivity contribution in [3.63, 3.8) is 0 Å². The zero-order chi connectivity index (χ0) is 22.6. The fourth-order valence-electron chi connectivity index (χ4n) is 3.63. The summed E-state index contributed by atoms with van der Waals surface area (Å²) >= 11 is 1.60. The standard InChI is InChI=1S/C22H31N5O3S/c1-5-7-15-14-24-19(31-15)26-17-9-6-8-16(25-17)22(18(23)28)10-12-27(13-11-22)20(29)30-21(2,3)4/h6,8-9,14H,5,7,10-13H2,1-4H3,(H2,23,28)(H,24,25,26). The highest BCUT2D eigenvalue weighted by atomic mass is 32.1. The minimum atomic E-state index is -0.924. The molecule has 2 aromatic rings. The lowest BCUT2D eigenvalue weighted by atomic mass is 9.74. The van der Waals surface area contributed by atoms with E-state index in [2.05, 4.69) is 22.2 Å². The molecule has 0 saturated carbocycles. The Morgan fingerprint density at radius 2 is 2.00 bits per heavy atom. The number of carbonyl (C=O) groups is 2. The molecule has 9 heteroatoms. The van der Waals surface area contributed by atoms with Gasteiger partial charge in [-0.05, 0) is 52.2 Å². The zero-order valence-corrected chi connectivity index (χ0v) is 19.4. The first kappa shape index (κ1) is 23.0. The number of primary amides is 1. The van der Waals surface area contributed by atoms with Gasteiger partial charge in [0.25, 0.3) is 0 Å². The fourth-order valence-corrected chi connectivity index (χ4v) is 4.55. The van der Waals surface area contributed by atoms with Crippen molar-refractivity contribution in [1.82, 2.24) is 14.9 Å². The molecule has 0 unspecified atom stereocenters. The maximum Gasteiger partial charge on any atom is 0.410 e. The van der Waals surface area contributed by atoms with Gasteiger partial charge in [0.05, 0.1) is 11.1 Å². The lowest BCUT2D eigenvalue weighted by Gasteiger charge is -2.39. The molecule has 0 aliphatic carbocycles. The number of nitrogens with two attached hydrogens (primary N) is 1. The normalized spacial score (nSPS) is 16.1. The Hall–Kier alpha value is -2.68. The first-order chi connectivity index (χ1) is 14.6. The van der Waals surface area contributed by atoms with E-state index in [1.165, 1.54) is 4.88 Å². The third-order valence-electron chi connectivity index (χ3n) is 5.26. The summed E-state index contributed by atoms with van der Waals surface area (Å²) in [5, 5.41) is 4.00. The summed E-state index contributed by atoms with van der Waals surface area (Å²) in [5.74, 6) is 0.186. The SMILES string of the molecule is CCCc1cnc(Nc2cccc(C3(C(N)=O)CCN(C(=O)OC(C)(C)C)CC3)n2)s1. The number of aryl methyl sites for hydroxylation is 1. The van der Waals surface area contributed by atoms with Crippen LogP contribution in [0, 0.1) is 0 Å². The second-order valence-electron chi connectivity index (χ2n) is 8.83. The minimum Gasteiger partial charge on any atom is -0.444 e. The Morgan fingerprint density at radius 3 is 2.61 bits per heavy atom. The highest BCUT2D eigenvalue weighted by Crippen LogP contribution is 2.36. The van der Waals surface area contributed by atoms with Crippen LogP contribution in [-0.4, -0.2) is 45.6 Å². The summed E-state index contributed by atoms with van der Waals surface area (Å²) in [5.41, 5.74) is 4.97. The Labute approximate surface area is 187 Å². The van der Waals surface area contributed by atoms with Crippen molar-refractivity contribution in [3.05, 3.63) is 35.0 Å². The number of rotatable bonds is 6. The van der Waals surface area contributed by atoms with Gasteiger partial charge in [0.2, 0.25) is 5.91 Å². The number of nitrogens with one attached hydrogen (secondary N) is 1. The van der Waals surface area contributed by atoms with Crippen LogP contribution in [-0.2, 0) is 21.4 Å². The van der Waals surface area contributed by atoms with Crippen LogP contribution >= 0.6 is 11.3 Å². The molecule has 1 aliphatic heterocycles.